The van der Waals surface area contributed by atoms with E-state index in [2.05, 4.69) is 10.5 Å². The molecule has 0 radical (unpaired) electrons. The Bertz CT molecular complexity index is 836. The van der Waals surface area contributed by atoms with Gasteiger partial charge in [0, 0.05) is 12.1 Å². The molecule has 0 aromatic heterocycles. The molecule has 2 atom stereocenters. The minimum atomic E-state index is -4.55. The second-order valence-corrected chi connectivity index (χ2v) is 6.14. The van der Waals surface area contributed by atoms with Gasteiger partial charge in [0.15, 0.2) is 5.54 Å². The van der Waals surface area contributed by atoms with Gasteiger partial charge in [0.1, 0.15) is 5.71 Å². The average molecular weight is 345 g/mol. The van der Waals surface area contributed by atoms with Crippen LogP contribution in [-0.2, 0) is 4.79 Å². The monoisotopic (exact) mass is 345 g/mol. The van der Waals surface area contributed by atoms with E-state index in [1.165, 1.54) is 4.90 Å². The average Bonchev–Trinajstić information content (AvgIpc) is 3.09. The van der Waals surface area contributed by atoms with E-state index in [0.717, 1.165) is 5.56 Å². The number of hydrazone groups is 1. The number of hydrogen-bond acceptors (Lipinski definition) is 3. The fourth-order valence-electron chi connectivity index (χ4n) is 3.48. The summed E-state index contributed by atoms with van der Waals surface area (Å²) in [5.74, 6) is -0.407. The van der Waals surface area contributed by atoms with Gasteiger partial charge in [-0.15, -0.1) is 0 Å². The van der Waals surface area contributed by atoms with Crippen LogP contribution in [-0.4, -0.2) is 23.3 Å². The first-order chi connectivity index (χ1) is 11.9. The molecule has 1 spiro atoms. The predicted octanol–water partition coefficient (Wildman–Crippen LogP) is 3.42. The molecule has 2 aromatic carbocycles. The maximum Gasteiger partial charge on any atom is 0.431 e. The third-order valence-electron chi connectivity index (χ3n) is 4.64. The summed E-state index contributed by atoms with van der Waals surface area (Å²) >= 11 is 0. The molecule has 7 heteroatoms. The molecule has 128 valence electrons. The molecule has 2 aromatic rings. The van der Waals surface area contributed by atoms with E-state index in [0.29, 0.717) is 5.69 Å². The van der Waals surface area contributed by atoms with Crippen LogP contribution in [0, 0.1) is 0 Å². The number of carbonyl (C=O) groups is 1. The van der Waals surface area contributed by atoms with Crippen LogP contribution in [0.3, 0.4) is 0 Å². The first kappa shape index (κ1) is 15.7. The number of nitrogens with one attached hydrogen (secondary N) is 1. The lowest BCUT2D eigenvalue weighted by molar-refractivity contribution is -0.134. The Morgan fingerprint density at radius 1 is 1.04 bits per heavy atom. The van der Waals surface area contributed by atoms with Crippen LogP contribution < -0.4 is 10.3 Å². The maximum absolute atomic E-state index is 13.0. The number of amides is 1. The Morgan fingerprint density at radius 3 is 2.20 bits per heavy atom. The maximum atomic E-state index is 13.0. The first-order valence-electron chi connectivity index (χ1n) is 7.78. The summed E-state index contributed by atoms with van der Waals surface area (Å²) in [5.41, 5.74) is 1.57. The molecule has 2 aliphatic rings. The Kier molecular flexibility index (Phi) is 3.35. The van der Waals surface area contributed by atoms with Gasteiger partial charge in [-0.25, -0.2) is 0 Å². The van der Waals surface area contributed by atoms with Gasteiger partial charge in [0.25, 0.3) is 5.91 Å². The van der Waals surface area contributed by atoms with Crippen LogP contribution >= 0.6 is 0 Å². The number of hydrogen-bond donors (Lipinski definition) is 1. The van der Waals surface area contributed by atoms with Crippen molar-refractivity contribution in [2.45, 2.75) is 24.2 Å². The minimum Gasteiger partial charge on any atom is -0.300 e. The number of β-lactam (4-membered cyclic amide) rings is 1. The summed E-state index contributed by atoms with van der Waals surface area (Å²) in [6.45, 7) is 0. The van der Waals surface area contributed by atoms with Crippen molar-refractivity contribution in [3.63, 3.8) is 0 Å². The topological polar surface area (TPSA) is 44.7 Å². The molecule has 0 aliphatic carbocycles. The van der Waals surface area contributed by atoms with Gasteiger partial charge in [-0.3, -0.25) is 15.1 Å². The first-order valence-corrected chi connectivity index (χ1v) is 7.78. The van der Waals surface area contributed by atoms with Crippen LogP contribution in [0.25, 0.3) is 0 Å². The normalized spacial score (nSPS) is 25.6. The molecule has 1 N–H and O–H groups in total. The number of nitrogens with zero attached hydrogens (tertiary/aromatic N) is 2. The molecule has 1 fully saturated rings. The molecule has 2 aliphatic heterocycles. The van der Waals surface area contributed by atoms with Crippen LogP contribution in [0.1, 0.15) is 18.0 Å². The van der Waals surface area contributed by atoms with Crippen molar-refractivity contribution >= 4 is 17.3 Å². The molecule has 25 heavy (non-hydrogen) atoms. The summed E-state index contributed by atoms with van der Waals surface area (Å²) in [4.78, 5) is 14.4. The zero-order valence-electron chi connectivity index (χ0n) is 13.0. The highest BCUT2D eigenvalue weighted by Gasteiger charge is 2.66. The second kappa shape index (κ2) is 5.34. The van der Waals surface area contributed by atoms with Crippen molar-refractivity contribution in [3.05, 3.63) is 66.2 Å². The molecule has 1 amide bonds. The second-order valence-electron chi connectivity index (χ2n) is 6.14. The van der Waals surface area contributed by atoms with Gasteiger partial charge in [-0.05, 0) is 17.7 Å². The van der Waals surface area contributed by atoms with Crippen molar-refractivity contribution in [1.29, 1.82) is 0 Å². The summed E-state index contributed by atoms with van der Waals surface area (Å²) in [6.07, 6.45) is -5.02. The summed E-state index contributed by atoms with van der Waals surface area (Å²) in [6, 6.07) is 17.4. The predicted molar refractivity (Wildman–Crippen MR) is 87.1 cm³/mol. The van der Waals surface area contributed by atoms with Crippen molar-refractivity contribution in [3.8, 4) is 0 Å². The largest absolute Gasteiger partial charge is 0.431 e. The van der Waals surface area contributed by atoms with Crippen LogP contribution in [0.4, 0.5) is 18.9 Å². The van der Waals surface area contributed by atoms with Gasteiger partial charge >= 0.3 is 6.18 Å². The molecular weight excluding hydrogens is 331 g/mol. The summed E-state index contributed by atoms with van der Waals surface area (Å²) in [7, 11) is 0. The highest BCUT2D eigenvalue weighted by Crippen LogP contribution is 2.50. The zero-order valence-corrected chi connectivity index (χ0v) is 13.0. The number of anilines is 1. The quantitative estimate of drug-likeness (QED) is 0.848. The van der Waals surface area contributed by atoms with Crippen LogP contribution in [0.5, 0.6) is 0 Å². The molecular formula is C18H14F3N3O. The molecule has 0 saturated carbocycles. The van der Waals surface area contributed by atoms with Gasteiger partial charge in [0.2, 0.25) is 0 Å². The fraction of sp³-hybridized carbons (Fsp3) is 0.222. The number of rotatable bonds is 2. The zero-order chi connectivity index (χ0) is 17.7. The molecule has 0 unspecified atom stereocenters. The lowest BCUT2D eigenvalue weighted by Gasteiger charge is -2.54. The van der Waals surface area contributed by atoms with Crippen molar-refractivity contribution in [2.24, 2.45) is 5.10 Å². The third-order valence-corrected chi connectivity index (χ3v) is 4.64. The van der Waals surface area contributed by atoms with E-state index in [9.17, 15) is 18.0 Å². The summed E-state index contributed by atoms with van der Waals surface area (Å²) < 4.78 is 39.1. The van der Waals surface area contributed by atoms with Gasteiger partial charge < -0.3 is 0 Å². The van der Waals surface area contributed by atoms with Gasteiger partial charge in [-0.2, -0.15) is 18.3 Å². The van der Waals surface area contributed by atoms with E-state index in [1.54, 1.807) is 36.4 Å². The number of halogens is 3. The van der Waals surface area contributed by atoms with Gasteiger partial charge in [0.05, 0.1) is 6.04 Å². The van der Waals surface area contributed by atoms with E-state index in [1.807, 2.05) is 24.3 Å². The SMILES string of the molecule is O=C1N(c2ccccc2)[C@H](c2ccccc2)[C@]12CC(C(F)(F)F)=NN2. The molecule has 1 saturated heterocycles. The highest BCUT2D eigenvalue weighted by atomic mass is 19.4. The lowest BCUT2D eigenvalue weighted by atomic mass is 9.72. The van der Waals surface area contributed by atoms with Crippen molar-refractivity contribution in [2.75, 3.05) is 4.90 Å². The van der Waals surface area contributed by atoms with Crippen LogP contribution in [0.2, 0.25) is 0 Å². The Morgan fingerprint density at radius 2 is 1.64 bits per heavy atom. The number of benzene rings is 2. The standard InChI is InChI=1S/C18H14F3N3O/c19-18(20,21)14-11-17(23-22-14)15(12-7-3-1-4-8-12)24(16(17)25)13-9-5-2-6-10-13/h1-10,15,23H,11H2/t15-,17-/m1/s1. The highest BCUT2D eigenvalue weighted by molar-refractivity contribution is 6.13. The van der Waals surface area contributed by atoms with Crippen molar-refractivity contribution in [1.82, 2.24) is 5.43 Å². The van der Waals surface area contributed by atoms with E-state index in [-0.39, 0.29) is 0 Å². The Balaban J connectivity index is 1.75. The minimum absolute atomic E-state index is 0.407. The molecule has 0 bridgehead atoms. The van der Waals surface area contributed by atoms with Crippen molar-refractivity contribution < 1.29 is 18.0 Å². The Hall–Kier alpha value is -2.83. The number of carbonyl (C=O) groups excluding carboxylic acids is 1. The van der Waals surface area contributed by atoms with E-state index in [4.69, 9.17) is 0 Å². The third kappa shape index (κ3) is 2.30. The fourth-order valence-corrected chi connectivity index (χ4v) is 3.48. The molecule has 4 nitrogen and oxygen atoms in total. The molecule has 4 rings (SSSR count). The van der Waals surface area contributed by atoms with E-state index >= 15 is 0 Å². The van der Waals surface area contributed by atoms with Gasteiger partial charge in [-0.1, -0.05) is 48.5 Å². The number of para-hydroxylation sites is 1. The Labute approximate surface area is 141 Å². The van der Waals surface area contributed by atoms with Crippen LogP contribution in [0.15, 0.2) is 65.8 Å². The molecule has 2 heterocycles. The number of alkyl halides is 3. The summed E-state index contributed by atoms with van der Waals surface area (Å²) in [5, 5.41) is 3.43. The smallest absolute Gasteiger partial charge is 0.300 e. The lowest BCUT2D eigenvalue weighted by Crippen LogP contribution is -2.73. The van der Waals surface area contributed by atoms with E-state index < -0.39 is 35.8 Å².